The number of benzene rings is 1. The van der Waals surface area contributed by atoms with Crippen molar-refractivity contribution in [2.45, 2.75) is 31.8 Å². The van der Waals surface area contributed by atoms with Crippen molar-refractivity contribution in [2.24, 2.45) is 5.92 Å². The number of carbonyl (C=O) groups is 1. The second-order valence-electron chi connectivity index (χ2n) is 5.63. The Hall–Kier alpha value is -1.13. The zero-order valence-corrected chi connectivity index (χ0v) is 12.0. The van der Waals surface area contributed by atoms with E-state index in [1.807, 2.05) is 4.90 Å². The molecular formula is C15H18ClFN2O. The third-order valence-corrected chi connectivity index (χ3v) is 4.66. The van der Waals surface area contributed by atoms with Gasteiger partial charge in [0, 0.05) is 19.0 Å². The molecular weight excluding hydrogens is 279 g/mol. The Morgan fingerprint density at radius 2 is 2.25 bits per heavy atom. The van der Waals surface area contributed by atoms with Gasteiger partial charge in [-0.3, -0.25) is 4.79 Å². The maximum absolute atomic E-state index is 13.5. The van der Waals surface area contributed by atoms with Crippen LogP contribution in [0.1, 0.15) is 24.8 Å². The average molecular weight is 297 g/mol. The number of likely N-dealkylation sites (tertiary alicyclic amines) is 1. The van der Waals surface area contributed by atoms with Gasteiger partial charge in [0.25, 0.3) is 0 Å². The number of hydrogen-bond acceptors (Lipinski definition) is 2. The lowest BCUT2D eigenvalue weighted by Crippen LogP contribution is -2.54. The van der Waals surface area contributed by atoms with E-state index in [0.29, 0.717) is 18.9 Å². The molecule has 3 nitrogen and oxygen atoms in total. The summed E-state index contributed by atoms with van der Waals surface area (Å²) in [6.45, 7) is 2.40. The first-order chi connectivity index (χ1) is 9.65. The molecule has 1 aromatic rings. The number of amides is 1. The highest BCUT2D eigenvalue weighted by Crippen LogP contribution is 2.30. The highest BCUT2D eigenvalue weighted by molar-refractivity contribution is 6.30. The number of nitrogens with zero attached hydrogens (tertiary/aromatic N) is 1. The van der Waals surface area contributed by atoms with Crippen LogP contribution in [-0.4, -0.2) is 29.9 Å². The molecule has 0 aromatic heterocycles. The summed E-state index contributed by atoms with van der Waals surface area (Å²) in [5, 5.41) is 3.51. The predicted octanol–water partition coefficient (Wildman–Crippen LogP) is 2.58. The molecule has 5 heteroatoms. The van der Waals surface area contributed by atoms with Crippen LogP contribution < -0.4 is 5.32 Å². The summed E-state index contributed by atoms with van der Waals surface area (Å²) in [5.41, 5.74) is 0.805. The quantitative estimate of drug-likeness (QED) is 0.910. The molecule has 2 aliphatic heterocycles. The molecule has 1 N–H and O–H groups in total. The van der Waals surface area contributed by atoms with Gasteiger partial charge in [-0.05, 0) is 49.5 Å². The number of carbonyl (C=O) groups excluding carboxylic acids is 1. The van der Waals surface area contributed by atoms with Crippen molar-refractivity contribution in [3.05, 3.63) is 34.6 Å². The van der Waals surface area contributed by atoms with Crippen molar-refractivity contribution in [3.63, 3.8) is 0 Å². The number of piperidine rings is 2. The molecule has 20 heavy (non-hydrogen) atoms. The van der Waals surface area contributed by atoms with E-state index >= 15 is 0 Å². The monoisotopic (exact) mass is 296 g/mol. The van der Waals surface area contributed by atoms with Gasteiger partial charge in [-0.2, -0.15) is 0 Å². The normalized spacial score (nSPS) is 26.5. The number of nitrogens with one attached hydrogen (secondary N) is 1. The molecule has 1 amide bonds. The summed E-state index contributed by atoms with van der Waals surface area (Å²) in [6.07, 6.45) is 2.54. The lowest BCUT2D eigenvalue weighted by molar-refractivity contribution is -0.140. The maximum Gasteiger partial charge on any atom is 0.223 e. The Bertz CT molecular complexity index is 523. The summed E-state index contributed by atoms with van der Waals surface area (Å²) >= 11 is 5.70. The van der Waals surface area contributed by atoms with E-state index in [2.05, 4.69) is 5.32 Å². The first-order valence-corrected chi connectivity index (χ1v) is 7.47. The zero-order chi connectivity index (χ0) is 14.1. The van der Waals surface area contributed by atoms with E-state index in [1.54, 1.807) is 12.1 Å². The molecule has 0 spiro atoms. The van der Waals surface area contributed by atoms with Gasteiger partial charge in [-0.15, -0.1) is 0 Å². The van der Waals surface area contributed by atoms with Crippen molar-refractivity contribution < 1.29 is 9.18 Å². The first kappa shape index (κ1) is 13.8. The van der Waals surface area contributed by atoms with Crippen molar-refractivity contribution in [3.8, 4) is 0 Å². The van der Waals surface area contributed by atoms with E-state index in [4.69, 9.17) is 11.6 Å². The van der Waals surface area contributed by atoms with Gasteiger partial charge in [0.05, 0.1) is 5.02 Å². The molecule has 2 aliphatic rings. The van der Waals surface area contributed by atoms with Crippen molar-refractivity contribution in [2.75, 3.05) is 13.1 Å². The molecule has 2 saturated heterocycles. The standard InChI is InChI=1S/C15H18ClFN2O/c16-12-3-1-10(7-13(12)17)9-19-14-5-6-18-8-11(14)2-4-15(19)20/h1,3,7,11,14,18H,2,4-6,8-9H2. The Morgan fingerprint density at radius 1 is 1.40 bits per heavy atom. The number of rotatable bonds is 2. The molecule has 2 atom stereocenters. The molecule has 0 radical (unpaired) electrons. The topological polar surface area (TPSA) is 32.3 Å². The summed E-state index contributed by atoms with van der Waals surface area (Å²) in [4.78, 5) is 14.1. The smallest absolute Gasteiger partial charge is 0.223 e. The van der Waals surface area contributed by atoms with E-state index in [0.717, 1.165) is 31.5 Å². The SMILES string of the molecule is O=C1CCC2CNCCC2N1Cc1ccc(Cl)c(F)c1. The molecule has 0 aliphatic carbocycles. The average Bonchev–Trinajstić information content (AvgIpc) is 2.46. The summed E-state index contributed by atoms with van der Waals surface area (Å²) in [5.74, 6) is 0.289. The number of halogens is 2. The molecule has 1 aromatic carbocycles. The van der Waals surface area contributed by atoms with Crippen molar-refractivity contribution in [1.29, 1.82) is 0 Å². The fourth-order valence-electron chi connectivity index (χ4n) is 3.29. The Balaban J connectivity index is 1.79. The Labute approximate surface area is 123 Å². The van der Waals surface area contributed by atoms with Crippen LogP contribution in [0.3, 0.4) is 0 Å². The van der Waals surface area contributed by atoms with Gasteiger partial charge < -0.3 is 10.2 Å². The van der Waals surface area contributed by atoms with Crippen LogP contribution >= 0.6 is 11.6 Å². The van der Waals surface area contributed by atoms with E-state index < -0.39 is 5.82 Å². The summed E-state index contributed by atoms with van der Waals surface area (Å²) in [7, 11) is 0. The van der Waals surface area contributed by atoms with Gasteiger partial charge in [0.15, 0.2) is 0 Å². The van der Waals surface area contributed by atoms with Crippen molar-refractivity contribution >= 4 is 17.5 Å². The van der Waals surface area contributed by atoms with Crippen LogP contribution in [-0.2, 0) is 11.3 Å². The third-order valence-electron chi connectivity index (χ3n) is 4.35. The highest BCUT2D eigenvalue weighted by atomic mass is 35.5. The molecule has 2 heterocycles. The van der Waals surface area contributed by atoms with Crippen LogP contribution in [0.4, 0.5) is 4.39 Å². The van der Waals surface area contributed by atoms with Gasteiger partial charge in [-0.25, -0.2) is 4.39 Å². The molecule has 108 valence electrons. The van der Waals surface area contributed by atoms with E-state index in [-0.39, 0.29) is 17.0 Å². The molecule has 0 saturated carbocycles. The maximum atomic E-state index is 13.5. The minimum atomic E-state index is -0.421. The molecule has 2 unspecified atom stereocenters. The minimum Gasteiger partial charge on any atom is -0.335 e. The second-order valence-corrected chi connectivity index (χ2v) is 6.04. The van der Waals surface area contributed by atoms with Crippen LogP contribution in [0.15, 0.2) is 18.2 Å². The highest BCUT2D eigenvalue weighted by Gasteiger charge is 2.36. The van der Waals surface area contributed by atoms with Gasteiger partial charge >= 0.3 is 0 Å². The molecule has 2 fully saturated rings. The number of fused-ring (bicyclic) bond motifs is 1. The summed E-state index contributed by atoms with van der Waals surface area (Å²) < 4.78 is 13.5. The van der Waals surface area contributed by atoms with Crippen molar-refractivity contribution in [1.82, 2.24) is 10.2 Å². The number of hydrogen-bond donors (Lipinski definition) is 1. The van der Waals surface area contributed by atoms with Crippen LogP contribution in [0.25, 0.3) is 0 Å². The Kier molecular flexibility index (Phi) is 3.94. The second kappa shape index (κ2) is 5.70. The third kappa shape index (κ3) is 2.67. The first-order valence-electron chi connectivity index (χ1n) is 7.09. The Morgan fingerprint density at radius 3 is 3.05 bits per heavy atom. The predicted molar refractivity (Wildman–Crippen MR) is 76.0 cm³/mol. The lowest BCUT2D eigenvalue weighted by Gasteiger charge is -2.44. The van der Waals surface area contributed by atoms with Crippen LogP contribution in [0.5, 0.6) is 0 Å². The summed E-state index contributed by atoms with van der Waals surface area (Å²) in [6, 6.07) is 5.07. The van der Waals surface area contributed by atoms with Crippen LogP contribution in [0, 0.1) is 11.7 Å². The van der Waals surface area contributed by atoms with E-state index in [9.17, 15) is 9.18 Å². The zero-order valence-electron chi connectivity index (χ0n) is 11.2. The molecule has 3 rings (SSSR count). The largest absolute Gasteiger partial charge is 0.335 e. The van der Waals surface area contributed by atoms with Gasteiger partial charge in [0.2, 0.25) is 5.91 Å². The van der Waals surface area contributed by atoms with Gasteiger partial charge in [-0.1, -0.05) is 17.7 Å². The van der Waals surface area contributed by atoms with Crippen LogP contribution in [0.2, 0.25) is 5.02 Å². The fourth-order valence-corrected chi connectivity index (χ4v) is 3.41. The van der Waals surface area contributed by atoms with E-state index in [1.165, 1.54) is 6.07 Å². The molecule has 0 bridgehead atoms. The lowest BCUT2D eigenvalue weighted by atomic mass is 9.84. The fraction of sp³-hybridized carbons (Fsp3) is 0.533. The minimum absolute atomic E-state index is 0.124. The van der Waals surface area contributed by atoms with Gasteiger partial charge in [0.1, 0.15) is 5.82 Å².